The van der Waals surface area contributed by atoms with Gasteiger partial charge in [0.15, 0.2) is 0 Å². The van der Waals surface area contributed by atoms with Crippen LogP contribution in [0.25, 0.3) is 0 Å². The van der Waals surface area contributed by atoms with Crippen molar-refractivity contribution in [2.45, 2.75) is 26.0 Å². The topological polar surface area (TPSA) is 67.6 Å². The Morgan fingerprint density at radius 2 is 2.13 bits per heavy atom. The van der Waals surface area contributed by atoms with Crippen LogP contribution < -0.4 is 11.1 Å². The molecule has 0 fully saturated rings. The maximum Gasteiger partial charge on any atom is 0.250 e. The van der Waals surface area contributed by atoms with Crippen LogP contribution in [0.4, 0.5) is 0 Å². The fourth-order valence-corrected chi connectivity index (χ4v) is 1.04. The average Bonchev–Trinajstić information content (AvgIpc) is 2.19. The molecule has 0 aliphatic carbocycles. The number of hydrogen-bond donors (Lipinski definition) is 2. The van der Waals surface area contributed by atoms with Crippen LogP contribution >= 0.6 is 0 Å². The molecule has 0 rings (SSSR count). The summed E-state index contributed by atoms with van der Waals surface area (Å²) in [4.78, 5) is 13.6. The van der Waals surface area contributed by atoms with Crippen LogP contribution in [0.5, 0.6) is 0 Å². The first-order valence-electron chi connectivity index (χ1n) is 5.23. The standard InChI is InChI=1S/C10H23N3O2/c1-8(2)13(3)6-5-12-10(14)9(7-11)15-4/h8-9H,5-7,11H2,1-4H3,(H,12,14). The minimum Gasteiger partial charge on any atom is -0.370 e. The van der Waals surface area contributed by atoms with Crippen molar-refractivity contribution in [2.75, 3.05) is 33.8 Å². The van der Waals surface area contributed by atoms with Crippen LogP contribution in [0.15, 0.2) is 0 Å². The van der Waals surface area contributed by atoms with E-state index in [0.29, 0.717) is 12.6 Å². The first kappa shape index (κ1) is 14.3. The largest absolute Gasteiger partial charge is 0.370 e. The Morgan fingerprint density at radius 3 is 2.53 bits per heavy atom. The third-order valence-corrected chi connectivity index (χ3v) is 2.44. The number of nitrogens with zero attached hydrogens (tertiary/aromatic N) is 1. The maximum atomic E-state index is 11.4. The smallest absolute Gasteiger partial charge is 0.250 e. The number of rotatable bonds is 7. The highest BCUT2D eigenvalue weighted by Gasteiger charge is 2.14. The molecule has 0 aromatic rings. The van der Waals surface area contributed by atoms with Gasteiger partial charge in [0.05, 0.1) is 0 Å². The summed E-state index contributed by atoms with van der Waals surface area (Å²) in [7, 11) is 3.50. The van der Waals surface area contributed by atoms with Crippen LogP contribution in [0.2, 0.25) is 0 Å². The summed E-state index contributed by atoms with van der Waals surface area (Å²) in [6.45, 7) is 5.87. The SMILES string of the molecule is COC(CN)C(=O)NCCN(C)C(C)C. The minimum atomic E-state index is -0.533. The molecule has 0 aliphatic heterocycles. The van der Waals surface area contributed by atoms with Crippen molar-refractivity contribution in [3.63, 3.8) is 0 Å². The summed E-state index contributed by atoms with van der Waals surface area (Å²) in [5.41, 5.74) is 5.37. The van der Waals surface area contributed by atoms with Crippen LogP contribution in [0.3, 0.4) is 0 Å². The Morgan fingerprint density at radius 1 is 1.53 bits per heavy atom. The van der Waals surface area contributed by atoms with Crippen LogP contribution in [0.1, 0.15) is 13.8 Å². The van der Waals surface area contributed by atoms with Gasteiger partial charge in [0, 0.05) is 32.8 Å². The van der Waals surface area contributed by atoms with Gasteiger partial charge in [0.25, 0.3) is 0 Å². The molecule has 5 nitrogen and oxygen atoms in total. The molecule has 0 heterocycles. The van der Waals surface area contributed by atoms with Gasteiger partial charge in [-0.1, -0.05) is 0 Å². The second-order valence-corrected chi connectivity index (χ2v) is 3.83. The Balaban J connectivity index is 3.71. The number of carbonyl (C=O) groups is 1. The van der Waals surface area contributed by atoms with Crippen LogP contribution in [0, 0.1) is 0 Å². The van der Waals surface area contributed by atoms with Crippen molar-refractivity contribution in [1.29, 1.82) is 0 Å². The molecular weight excluding hydrogens is 194 g/mol. The van der Waals surface area contributed by atoms with Gasteiger partial charge in [-0.2, -0.15) is 0 Å². The first-order valence-corrected chi connectivity index (χ1v) is 5.23. The molecule has 1 atom stereocenters. The fourth-order valence-electron chi connectivity index (χ4n) is 1.04. The molecule has 0 aromatic carbocycles. The summed E-state index contributed by atoms with van der Waals surface area (Å²) in [6.07, 6.45) is -0.533. The summed E-state index contributed by atoms with van der Waals surface area (Å²) >= 11 is 0. The highest BCUT2D eigenvalue weighted by atomic mass is 16.5. The molecule has 0 saturated heterocycles. The van der Waals surface area contributed by atoms with E-state index in [2.05, 4.69) is 24.1 Å². The Bertz CT molecular complexity index is 182. The summed E-state index contributed by atoms with van der Waals surface area (Å²) in [5, 5.41) is 2.78. The highest BCUT2D eigenvalue weighted by molar-refractivity contribution is 5.80. The van der Waals surface area contributed by atoms with E-state index in [-0.39, 0.29) is 12.5 Å². The number of amides is 1. The normalized spacial score (nSPS) is 13.3. The van der Waals surface area contributed by atoms with Gasteiger partial charge in [0.2, 0.25) is 5.91 Å². The van der Waals surface area contributed by atoms with Crippen molar-refractivity contribution < 1.29 is 9.53 Å². The predicted molar refractivity (Wildman–Crippen MR) is 60.6 cm³/mol. The molecule has 0 aromatic heterocycles. The number of nitrogens with two attached hydrogens (primary N) is 1. The molecule has 1 amide bonds. The Kier molecular flexibility index (Phi) is 7.29. The van der Waals surface area contributed by atoms with E-state index < -0.39 is 6.10 Å². The lowest BCUT2D eigenvalue weighted by atomic mass is 10.3. The lowest BCUT2D eigenvalue weighted by molar-refractivity contribution is -0.130. The van der Waals surface area contributed by atoms with Crippen LogP contribution in [-0.4, -0.2) is 56.7 Å². The van der Waals surface area contributed by atoms with E-state index in [1.807, 2.05) is 7.05 Å². The van der Waals surface area contributed by atoms with Crippen molar-refractivity contribution in [2.24, 2.45) is 5.73 Å². The summed E-state index contributed by atoms with van der Waals surface area (Å²) in [5.74, 6) is -0.142. The number of carbonyl (C=O) groups excluding carboxylic acids is 1. The number of methoxy groups -OCH3 is 1. The molecule has 0 saturated carbocycles. The van der Waals surface area contributed by atoms with Gasteiger partial charge in [-0.3, -0.25) is 4.79 Å². The van der Waals surface area contributed by atoms with Crippen molar-refractivity contribution in [3.8, 4) is 0 Å². The van der Waals surface area contributed by atoms with Crippen molar-refractivity contribution in [3.05, 3.63) is 0 Å². The molecular formula is C10H23N3O2. The number of likely N-dealkylation sites (N-methyl/N-ethyl adjacent to an activating group) is 1. The molecule has 0 bridgehead atoms. The zero-order chi connectivity index (χ0) is 11.8. The third-order valence-electron chi connectivity index (χ3n) is 2.44. The quantitative estimate of drug-likeness (QED) is 0.598. The molecule has 3 N–H and O–H groups in total. The van der Waals surface area contributed by atoms with Gasteiger partial charge in [-0.25, -0.2) is 0 Å². The van der Waals surface area contributed by atoms with Gasteiger partial charge in [-0.15, -0.1) is 0 Å². The lowest BCUT2D eigenvalue weighted by Crippen LogP contribution is -2.43. The summed E-state index contributed by atoms with van der Waals surface area (Å²) in [6, 6.07) is 0.481. The third kappa shape index (κ3) is 5.71. The first-order chi connectivity index (χ1) is 7.02. The molecule has 0 spiro atoms. The molecule has 0 radical (unpaired) electrons. The maximum absolute atomic E-state index is 11.4. The van der Waals surface area contributed by atoms with E-state index in [1.54, 1.807) is 0 Å². The van der Waals surface area contributed by atoms with E-state index in [9.17, 15) is 4.79 Å². The van der Waals surface area contributed by atoms with E-state index in [1.165, 1.54) is 7.11 Å². The second-order valence-electron chi connectivity index (χ2n) is 3.83. The zero-order valence-corrected chi connectivity index (χ0v) is 10.1. The highest BCUT2D eigenvalue weighted by Crippen LogP contribution is 1.91. The van der Waals surface area contributed by atoms with E-state index in [4.69, 9.17) is 10.5 Å². The van der Waals surface area contributed by atoms with Gasteiger partial charge in [-0.05, 0) is 20.9 Å². The van der Waals surface area contributed by atoms with Crippen molar-refractivity contribution >= 4 is 5.91 Å². The fraction of sp³-hybridized carbons (Fsp3) is 0.900. The molecule has 1 unspecified atom stereocenters. The van der Waals surface area contributed by atoms with Crippen LogP contribution in [-0.2, 0) is 9.53 Å². The molecule has 90 valence electrons. The summed E-state index contributed by atoms with van der Waals surface area (Å²) < 4.78 is 4.92. The predicted octanol–water partition coefficient (Wildman–Crippen LogP) is -0.583. The van der Waals surface area contributed by atoms with Gasteiger partial charge < -0.3 is 20.7 Å². The van der Waals surface area contributed by atoms with E-state index >= 15 is 0 Å². The van der Waals surface area contributed by atoms with E-state index in [0.717, 1.165) is 6.54 Å². The zero-order valence-electron chi connectivity index (χ0n) is 10.1. The minimum absolute atomic E-state index is 0.142. The van der Waals surface area contributed by atoms with Gasteiger partial charge >= 0.3 is 0 Å². The molecule has 15 heavy (non-hydrogen) atoms. The number of hydrogen-bond acceptors (Lipinski definition) is 4. The average molecular weight is 217 g/mol. The second kappa shape index (κ2) is 7.62. The lowest BCUT2D eigenvalue weighted by Gasteiger charge is -2.21. The number of ether oxygens (including phenoxy) is 1. The Labute approximate surface area is 91.9 Å². The monoisotopic (exact) mass is 217 g/mol. The van der Waals surface area contributed by atoms with Gasteiger partial charge in [0.1, 0.15) is 6.10 Å². The molecule has 0 aliphatic rings. The molecule has 5 heteroatoms. The Hall–Kier alpha value is -0.650. The van der Waals surface area contributed by atoms with Crippen molar-refractivity contribution in [1.82, 2.24) is 10.2 Å². The number of nitrogens with one attached hydrogen (secondary N) is 1.